The Morgan fingerprint density at radius 2 is 2.13 bits per heavy atom. The molecule has 9 nitrogen and oxygen atoms in total. The van der Waals surface area contributed by atoms with Gasteiger partial charge in [-0.1, -0.05) is 0 Å². The van der Waals surface area contributed by atoms with Gasteiger partial charge in [0.2, 0.25) is 5.88 Å². The van der Waals surface area contributed by atoms with E-state index >= 15 is 0 Å². The highest BCUT2D eigenvalue weighted by molar-refractivity contribution is 6.04. The van der Waals surface area contributed by atoms with E-state index in [0.717, 1.165) is 42.1 Å². The Morgan fingerprint density at radius 3 is 2.90 bits per heavy atom. The molecular weight excluding hydrogens is 394 g/mol. The highest BCUT2D eigenvalue weighted by Gasteiger charge is 2.40. The Bertz CT molecular complexity index is 1120. The molecule has 0 spiro atoms. The Morgan fingerprint density at radius 1 is 1.23 bits per heavy atom. The molecule has 3 aromatic rings. The summed E-state index contributed by atoms with van der Waals surface area (Å²) in [7, 11) is 0. The molecule has 0 aliphatic carbocycles. The summed E-state index contributed by atoms with van der Waals surface area (Å²) in [6.07, 6.45) is 5.66. The van der Waals surface area contributed by atoms with E-state index in [1.54, 1.807) is 11.1 Å². The third kappa shape index (κ3) is 3.63. The van der Waals surface area contributed by atoms with Crippen LogP contribution < -0.4 is 19.9 Å². The number of carbonyl (C=O) groups is 1. The topological polar surface area (TPSA) is 96.4 Å². The lowest BCUT2D eigenvalue weighted by Gasteiger charge is -2.35. The molecule has 1 fully saturated rings. The molecule has 0 saturated carbocycles. The van der Waals surface area contributed by atoms with Gasteiger partial charge in [0, 0.05) is 30.5 Å². The number of aryl methyl sites for hydroxylation is 1. The maximum absolute atomic E-state index is 13.3. The Balaban J connectivity index is 1.46. The second-order valence-corrected chi connectivity index (χ2v) is 7.59. The van der Waals surface area contributed by atoms with Crippen LogP contribution >= 0.6 is 0 Å². The van der Waals surface area contributed by atoms with E-state index in [2.05, 4.69) is 25.2 Å². The number of fused-ring (bicyclic) bond motifs is 4. The maximum Gasteiger partial charge on any atom is 0.329 e. The normalized spacial score (nSPS) is 16.8. The molecule has 2 aliphatic rings. The van der Waals surface area contributed by atoms with Crippen LogP contribution in [0.15, 0.2) is 42.9 Å². The number of urea groups is 1. The van der Waals surface area contributed by atoms with Crippen molar-refractivity contribution in [2.75, 3.05) is 34.8 Å². The Kier molecular flexibility index (Phi) is 4.85. The van der Waals surface area contributed by atoms with E-state index in [1.807, 2.05) is 38.1 Å². The van der Waals surface area contributed by atoms with Crippen LogP contribution in [0.2, 0.25) is 0 Å². The quantitative estimate of drug-likeness (QED) is 0.696. The fourth-order valence-electron chi connectivity index (χ4n) is 4.11. The number of anilines is 3. The van der Waals surface area contributed by atoms with Gasteiger partial charge in [-0.05, 0) is 44.5 Å². The highest BCUT2D eigenvalue weighted by atomic mass is 16.5. The minimum absolute atomic E-state index is 0.0603. The molecular formula is C22H23N7O2. The number of nitrogens with one attached hydrogen (secondary N) is 1. The number of hydrogen-bond acceptors (Lipinski definition) is 7. The first-order valence-electron chi connectivity index (χ1n) is 10.4. The van der Waals surface area contributed by atoms with Gasteiger partial charge in [-0.2, -0.15) is 0 Å². The summed E-state index contributed by atoms with van der Waals surface area (Å²) in [4.78, 5) is 34.9. The van der Waals surface area contributed by atoms with E-state index in [9.17, 15) is 4.79 Å². The summed E-state index contributed by atoms with van der Waals surface area (Å²) in [5.41, 5.74) is 3.67. The molecule has 158 valence electrons. The largest absolute Gasteiger partial charge is 0.477 e. The summed E-state index contributed by atoms with van der Waals surface area (Å²) in [5.74, 6) is 1.46. The lowest BCUT2D eigenvalue weighted by atomic mass is 10.1. The molecule has 2 aliphatic heterocycles. The van der Waals surface area contributed by atoms with Crippen LogP contribution in [-0.2, 0) is 0 Å². The molecule has 0 aromatic carbocycles. The third-order valence-electron chi connectivity index (χ3n) is 5.52. The fraction of sp³-hybridized carbons (Fsp3) is 0.318. The van der Waals surface area contributed by atoms with E-state index in [1.165, 1.54) is 12.4 Å². The van der Waals surface area contributed by atoms with Crippen molar-refractivity contribution in [2.45, 2.75) is 26.3 Å². The Labute approximate surface area is 180 Å². The zero-order valence-electron chi connectivity index (χ0n) is 17.4. The molecule has 5 rings (SSSR count). The van der Waals surface area contributed by atoms with Crippen molar-refractivity contribution in [3.8, 4) is 17.1 Å². The zero-order chi connectivity index (χ0) is 21.4. The number of carbonyl (C=O) groups excluding carboxylic acids is 1. The lowest BCUT2D eigenvalue weighted by Crippen LogP contribution is -2.48. The van der Waals surface area contributed by atoms with Crippen LogP contribution in [0.4, 0.5) is 22.1 Å². The van der Waals surface area contributed by atoms with Crippen molar-refractivity contribution in [3.63, 3.8) is 0 Å². The van der Waals surface area contributed by atoms with Crippen molar-refractivity contribution in [2.24, 2.45) is 0 Å². The van der Waals surface area contributed by atoms with Crippen LogP contribution in [0, 0.1) is 6.92 Å². The van der Waals surface area contributed by atoms with Crippen LogP contribution in [-0.4, -0.2) is 51.7 Å². The van der Waals surface area contributed by atoms with Crippen LogP contribution in [0.25, 0.3) is 11.3 Å². The molecule has 2 amide bonds. The summed E-state index contributed by atoms with van der Waals surface area (Å²) in [5, 5.41) is 2.86. The first kappa shape index (κ1) is 19.2. The number of pyridine rings is 2. The van der Waals surface area contributed by atoms with Crippen molar-refractivity contribution in [1.82, 2.24) is 19.9 Å². The van der Waals surface area contributed by atoms with Crippen molar-refractivity contribution in [3.05, 3.63) is 48.5 Å². The molecule has 1 N–H and O–H groups in total. The minimum Gasteiger partial charge on any atom is -0.477 e. The second kappa shape index (κ2) is 7.82. The van der Waals surface area contributed by atoms with Crippen LogP contribution in [0.1, 0.15) is 19.0 Å². The molecule has 31 heavy (non-hydrogen) atoms. The first-order chi connectivity index (χ1) is 15.1. The predicted octanol–water partition coefficient (Wildman–Crippen LogP) is 3.27. The highest BCUT2D eigenvalue weighted by Crippen LogP contribution is 2.40. The Hall–Kier alpha value is -3.75. The molecule has 1 atom stereocenters. The molecule has 2 bridgehead atoms. The number of amides is 2. The molecule has 9 heteroatoms. The molecule has 5 heterocycles. The number of ether oxygens (including phenoxy) is 1. The summed E-state index contributed by atoms with van der Waals surface area (Å²) < 4.78 is 5.32. The molecule has 1 saturated heterocycles. The van der Waals surface area contributed by atoms with Gasteiger partial charge in [-0.15, -0.1) is 0 Å². The smallest absolute Gasteiger partial charge is 0.329 e. The van der Waals surface area contributed by atoms with Gasteiger partial charge < -0.3 is 9.64 Å². The zero-order valence-corrected chi connectivity index (χ0v) is 17.4. The maximum atomic E-state index is 13.3. The van der Waals surface area contributed by atoms with Gasteiger partial charge in [0.05, 0.1) is 36.4 Å². The monoisotopic (exact) mass is 417 g/mol. The molecule has 3 aromatic heterocycles. The van der Waals surface area contributed by atoms with E-state index in [4.69, 9.17) is 9.72 Å². The van der Waals surface area contributed by atoms with Gasteiger partial charge in [-0.25, -0.2) is 19.7 Å². The van der Waals surface area contributed by atoms with E-state index in [-0.39, 0.29) is 12.1 Å². The van der Waals surface area contributed by atoms with Crippen LogP contribution in [0.5, 0.6) is 5.88 Å². The van der Waals surface area contributed by atoms with Gasteiger partial charge in [-0.3, -0.25) is 15.2 Å². The van der Waals surface area contributed by atoms with Crippen LogP contribution in [0.3, 0.4) is 0 Å². The SMILES string of the molecule is CCOc1cnc(NC(=O)N2c3nc(-c4ccnc(C)c4)ccc3N3CCC2C3)cn1. The van der Waals surface area contributed by atoms with Crippen molar-refractivity contribution in [1.29, 1.82) is 0 Å². The number of nitrogens with zero attached hydrogens (tertiary/aromatic N) is 6. The summed E-state index contributed by atoms with van der Waals surface area (Å²) in [6.45, 7) is 6.04. The number of aromatic nitrogens is 4. The first-order valence-corrected chi connectivity index (χ1v) is 10.4. The van der Waals surface area contributed by atoms with Gasteiger partial charge >= 0.3 is 6.03 Å². The standard InChI is InChI=1S/C22H23N7O2/c1-3-31-20-12-24-19(11-25-20)27-22(30)29-16-7-9-28(13-16)18-5-4-17(26-21(18)29)15-6-8-23-14(2)10-15/h4-6,8,10-12,16H,3,7,9,13H2,1-2H3,(H,24,27,30). The fourth-order valence-corrected chi connectivity index (χ4v) is 4.11. The molecule has 1 unspecified atom stereocenters. The summed E-state index contributed by atoms with van der Waals surface area (Å²) >= 11 is 0. The van der Waals surface area contributed by atoms with Gasteiger partial charge in [0.1, 0.15) is 0 Å². The number of rotatable bonds is 4. The van der Waals surface area contributed by atoms with Gasteiger partial charge in [0.15, 0.2) is 11.6 Å². The van der Waals surface area contributed by atoms with Crippen molar-refractivity contribution < 1.29 is 9.53 Å². The average molecular weight is 417 g/mol. The average Bonchev–Trinajstić information content (AvgIpc) is 3.19. The van der Waals surface area contributed by atoms with E-state index < -0.39 is 0 Å². The third-order valence-corrected chi connectivity index (χ3v) is 5.52. The number of hydrogen-bond donors (Lipinski definition) is 1. The lowest BCUT2D eigenvalue weighted by molar-refractivity contribution is 0.254. The van der Waals surface area contributed by atoms with E-state index in [0.29, 0.717) is 24.1 Å². The summed E-state index contributed by atoms with van der Waals surface area (Å²) in [6, 6.07) is 7.77. The van der Waals surface area contributed by atoms with Gasteiger partial charge in [0.25, 0.3) is 0 Å². The predicted molar refractivity (Wildman–Crippen MR) is 118 cm³/mol. The second-order valence-electron chi connectivity index (χ2n) is 7.59. The van der Waals surface area contributed by atoms with Crippen molar-refractivity contribution >= 4 is 23.4 Å². The minimum atomic E-state index is -0.262. The molecule has 0 radical (unpaired) electrons.